The molecule has 3 aromatic rings. The molecule has 0 heterocycles. The van der Waals surface area contributed by atoms with E-state index in [-0.39, 0.29) is 24.3 Å². The largest absolute Gasteiger partial charge is 0.417 e. The Kier molecular flexibility index (Phi) is 9.26. The normalized spacial score (nSPS) is 13.1. The Balaban J connectivity index is 2.65. The minimum absolute atomic E-state index is 0.00558. The molecule has 0 aliphatic heterocycles. The number of hydrogen-bond donors (Lipinski definition) is 0. The van der Waals surface area contributed by atoms with Gasteiger partial charge in [0.25, 0.3) is 0 Å². The van der Waals surface area contributed by atoms with E-state index in [0.717, 1.165) is 12.1 Å². The van der Waals surface area contributed by atoms with E-state index in [4.69, 9.17) is 10.5 Å². The third kappa shape index (κ3) is 6.56. The van der Waals surface area contributed by atoms with Crippen molar-refractivity contribution >= 4 is 11.1 Å². The second kappa shape index (κ2) is 12.4. The summed E-state index contributed by atoms with van der Waals surface area (Å²) in [7, 11) is 0. The van der Waals surface area contributed by atoms with Crippen LogP contribution in [0.1, 0.15) is 55.6 Å². The van der Waals surface area contributed by atoms with Crippen LogP contribution in [0.4, 0.5) is 52.7 Å². The van der Waals surface area contributed by atoms with Gasteiger partial charge in [-0.05, 0) is 35.4 Å². The quantitative estimate of drug-likeness (QED) is 0.276. The van der Waals surface area contributed by atoms with Crippen LogP contribution in [-0.4, -0.2) is 0 Å². The molecule has 240 valence electrons. The molecule has 18 heteroatoms. The van der Waals surface area contributed by atoms with E-state index in [1.165, 1.54) is 24.3 Å². The van der Waals surface area contributed by atoms with Crippen LogP contribution in [0.15, 0.2) is 36.4 Å². The average Bonchev–Trinajstić information content (AvgIpc) is 2.99. The molecular weight excluding hydrogens is 672 g/mol. The lowest BCUT2D eigenvalue weighted by atomic mass is 9.90. The highest BCUT2D eigenvalue weighted by molar-refractivity contribution is 5.82. The van der Waals surface area contributed by atoms with Gasteiger partial charge < -0.3 is 0 Å². The molecule has 3 rings (SSSR count). The van der Waals surface area contributed by atoms with Crippen LogP contribution in [0, 0.1) is 68.0 Å². The van der Waals surface area contributed by atoms with Crippen molar-refractivity contribution in [2.75, 3.05) is 0 Å². The van der Waals surface area contributed by atoms with Crippen LogP contribution >= 0.6 is 0 Å². The summed E-state index contributed by atoms with van der Waals surface area (Å²) in [5, 5.41) is 55.7. The summed E-state index contributed by atoms with van der Waals surface area (Å²) in [6.45, 7) is 0. The Morgan fingerprint density at radius 1 is 0.396 bits per heavy atom. The van der Waals surface area contributed by atoms with Crippen LogP contribution in [0.2, 0.25) is 0 Å². The van der Waals surface area contributed by atoms with E-state index < -0.39 is 102 Å². The first kappa shape index (κ1) is 36.0. The minimum atomic E-state index is -5.58. The van der Waals surface area contributed by atoms with Gasteiger partial charge in [0.1, 0.15) is 36.4 Å². The van der Waals surface area contributed by atoms with Crippen LogP contribution in [0.25, 0.3) is 11.1 Å². The summed E-state index contributed by atoms with van der Waals surface area (Å²) in [5.41, 5.74) is -18.8. The molecule has 0 bridgehead atoms. The second-order valence-electron chi connectivity index (χ2n) is 9.22. The molecule has 3 aromatic carbocycles. The molecule has 0 N–H and O–H groups in total. The number of nitriles is 6. The Morgan fingerprint density at radius 2 is 0.625 bits per heavy atom. The van der Waals surface area contributed by atoms with Gasteiger partial charge in [-0.2, -0.15) is 84.3 Å². The van der Waals surface area contributed by atoms with Gasteiger partial charge in [0.2, 0.25) is 0 Å². The standard InChI is InChI=1S/C30H6F12N6/c31-27(32,33)23-3-13(4-24(21(23)11-47)28(34,35)36)17(7-43)15-1-2-16(20(10-46)19(15)9-45)18(8-44)14-5-25(29(37,38)39)22(12-48)26(6-14)30(40,41)42/h1-6H/b17-15+,18-16+. The number of nitrogens with zero attached hydrogens (tertiary/aromatic N) is 6. The van der Waals surface area contributed by atoms with E-state index in [9.17, 15) is 73.7 Å². The maximum Gasteiger partial charge on any atom is 0.417 e. The van der Waals surface area contributed by atoms with Crippen LogP contribution in [-0.2, 0) is 24.7 Å². The summed E-state index contributed by atoms with van der Waals surface area (Å²) >= 11 is 0. The van der Waals surface area contributed by atoms with Crippen molar-refractivity contribution < 1.29 is 52.7 Å². The smallest absolute Gasteiger partial charge is 0.192 e. The third-order valence-electron chi connectivity index (χ3n) is 6.49. The van der Waals surface area contributed by atoms with Gasteiger partial charge in [0.05, 0.1) is 55.7 Å². The summed E-state index contributed by atoms with van der Waals surface area (Å²) in [4.78, 5) is 0. The summed E-state index contributed by atoms with van der Waals surface area (Å²) in [6.07, 6.45) is -22.3. The average molecular weight is 678 g/mol. The molecule has 0 saturated heterocycles. The van der Waals surface area contributed by atoms with Crippen LogP contribution in [0.5, 0.6) is 0 Å². The first-order chi connectivity index (χ1) is 22.1. The monoisotopic (exact) mass is 678 g/mol. The van der Waals surface area contributed by atoms with E-state index in [2.05, 4.69) is 0 Å². The Labute approximate surface area is 259 Å². The second-order valence-corrected chi connectivity index (χ2v) is 9.22. The summed E-state index contributed by atoms with van der Waals surface area (Å²) < 4.78 is 165. The van der Waals surface area contributed by atoms with Crippen molar-refractivity contribution in [3.05, 3.63) is 102 Å². The Morgan fingerprint density at radius 3 is 0.792 bits per heavy atom. The summed E-state index contributed by atoms with van der Waals surface area (Å²) in [6, 6.07) is 8.10. The lowest BCUT2D eigenvalue weighted by Gasteiger charge is -2.17. The zero-order valence-corrected chi connectivity index (χ0v) is 22.7. The van der Waals surface area contributed by atoms with Gasteiger partial charge in [-0.1, -0.05) is 12.1 Å². The van der Waals surface area contributed by atoms with Gasteiger partial charge in [-0.3, -0.25) is 0 Å². The lowest BCUT2D eigenvalue weighted by Crippen LogP contribution is -2.24. The van der Waals surface area contributed by atoms with Crippen molar-refractivity contribution in [2.45, 2.75) is 24.7 Å². The van der Waals surface area contributed by atoms with E-state index in [1.807, 2.05) is 0 Å². The highest BCUT2D eigenvalue weighted by Gasteiger charge is 2.43. The van der Waals surface area contributed by atoms with Crippen molar-refractivity contribution in [2.24, 2.45) is 0 Å². The van der Waals surface area contributed by atoms with Crippen molar-refractivity contribution in [1.29, 1.82) is 31.6 Å². The number of alkyl halides is 12. The molecule has 48 heavy (non-hydrogen) atoms. The fourth-order valence-electron chi connectivity index (χ4n) is 4.52. The SMILES string of the molecule is N#C/C(c1cc(C(F)(F)F)c(C#N)c(C(F)(F)F)c1)=c1/cc/c(=C(/C#N)c2cc(C(F)(F)F)c(C#N)c(C(F)(F)F)c2)c(C#N)c1C#N. The van der Waals surface area contributed by atoms with Gasteiger partial charge in [0.15, 0.2) is 0 Å². The molecule has 0 atom stereocenters. The predicted octanol–water partition coefficient (Wildman–Crippen LogP) is 6.69. The molecular formula is C30H6F12N6. The van der Waals surface area contributed by atoms with Crippen molar-refractivity contribution in [1.82, 2.24) is 0 Å². The van der Waals surface area contributed by atoms with E-state index >= 15 is 0 Å². The van der Waals surface area contributed by atoms with Gasteiger partial charge in [-0.15, -0.1) is 0 Å². The number of rotatable bonds is 2. The zero-order chi connectivity index (χ0) is 36.6. The van der Waals surface area contributed by atoms with Gasteiger partial charge >= 0.3 is 24.7 Å². The van der Waals surface area contributed by atoms with Crippen molar-refractivity contribution in [3.63, 3.8) is 0 Å². The topological polar surface area (TPSA) is 143 Å². The molecule has 0 aliphatic rings. The third-order valence-corrected chi connectivity index (χ3v) is 6.49. The molecule has 0 aliphatic carbocycles. The van der Waals surface area contributed by atoms with E-state index in [0.29, 0.717) is 12.1 Å². The number of halogens is 12. The minimum Gasteiger partial charge on any atom is -0.192 e. The molecule has 0 radical (unpaired) electrons. The first-order valence-corrected chi connectivity index (χ1v) is 12.1. The van der Waals surface area contributed by atoms with Gasteiger partial charge in [-0.25, -0.2) is 0 Å². The van der Waals surface area contributed by atoms with E-state index in [1.54, 1.807) is 0 Å². The highest BCUT2D eigenvalue weighted by Crippen LogP contribution is 2.42. The van der Waals surface area contributed by atoms with Crippen molar-refractivity contribution in [3.8, 4) is 36.4 Å². The molecule has 0 fully saturated rings. The fourth-order valence-corrected chi connectivity index (χ4v) is 4.52. The lowest BCUT2D eigenvalue weighted by molar-refractivity contribution is -0.145. The van der Waals surface area contributed by atoms with Gasteiger partial charge in [0, 0.05) is 10.4 Å². The molecule has 0 aromatic heterocycles. The maximum atomic E-state index is 13.7. The molecule has 0 amide bonds. The molecule has 0 spiro atoms. The molecule has 6 nitrogen and oxygen atoms in total. The predicted molar refractivity (Wildman–Crippen MR) is 134 cm³/mol. The van der Waals surface area contributed by atoms with Crippen LogP contribution in [0.3, 0.4) is 0 Å². The molecule has 0 saturated carbocycles. The Hall–Kier alpha value is -6.50. The fraction of sp³-hybridized carbons (Fsp3) is 0.133. The number of hydrogen-bond acceptors (Lipinski definition) is 6. The molecule has 0 unspecified atom stereocenters. The Bertz CT molecular complexity index is 2020. The van der Waals surface area contributed by atoms with Crippen LogP contribution < -0.4 is 10.4 Å². The zero-order valence-electron chi connectivity index (χ0n) is 22.7. The maximum absolute atomic E-state index is 13.7. The first-order valence-electron chi connectivity index (χ1n) is 12.1. The summed E-state index contributed by atoms with van der Waals surface area (Å²) in [5.74, 6) is 0. The highest BCUT2D eigenvalue weighted by atomic mass is 19.4. The number of benzene rings is 3.